The molecule has 0 amide bonds. The molecule has 1 aromatic carbocycles. The summed E-state index contributed by atoms with van der Waals surface area (Å²) in [6.45, 7) is 2.40. The van der Waals surface area contributed by atoms with Gasteiger partial charge in [0.1, 0.15) is 12.0 Å². The minimum Gasteiger partial charge on any atom is -0.479 e. The second-order valence-electron chi connectivity index (χ2n) is 5.29. The molecule has 120 valence electrons. The lowest BCUT2D eigenvalue weighted by Crippen LogP contribution is -2.67. The van der Waals surface area contributed by atoms with Gasteiger partial charge in [-0.25, -0.2) is 9.59 Å². The summed E-state index contributed by atoms with van der Waals surface area (Å²) >= 11 is 0. The predicted molar refractivity (Wildman–Crippen MR) is 76.6 cm³/mol. The first kappa shape index (κ1) is 17.6. The molecule has 0 aliphatic heterocycles. The van der Waals surface area contributed by atoms with Crippen molar-refractivity contribution in [3.05, 3.63) is 35.9 Å². The number of carbonyl (C=O) groups is 3. The fourth-order valence-electron chi connectivity index (χ4n) is 1.84. The minimum atomic E-state index is -2.55. The molecule has 1 atom stereocenters. The molecule has 0 aliphatic rings. The maximum atomic E-state index is 12.2. The topological polar surface area (TPSA) is 116 Å². The average Bonchev–Trinajstić information content (AvgIpc) is 2.51. The third-order valence-electron chi connectivity index (χ3n) is 3.55. The number of carbonyl (C=O) groups excluding carboxylic acids is 2. The lowest BCUT2D eigenvalue weighted by Gasteiger charge is -2.35. The van der Waals surface area contributed by atoms with Gasteiger partial charge in [-0.1, -0.05) is 30.3 Å². The largest absolute Gasteiger partial charge is 0.479 e. The lowest BCUT2D eigenvalue weighted by atomic mass is 9.72. The van der Waals surface area contributed by atoms with E-state index < -0.39 is 28.9 Å². The molecule has 7 nitrogen and oxygen atoms in total. The van der Waals surface area contributed by atoms with Gasteiger partial charge in [-0.3, -0.25) is 4.79 Å². The zero-order chi connectivity index (χ0) is 17.0. The van der Waals surface area contributed by atoms with Crippen LogP contribution in [0.3, 0.4) is 0 Å². The first-order valence-electron chi connectivity index (χ1n) is 6.49. The van der Waals surface area contributed by atoms with E-state index in [4.69, 9.17) is 10.5 Å². The van der Waals surface area contributed by atoms with Crippen LogP contribution >= 0.6 is 0 Å². The van der Waals surface area contributed by atoms with Crippen LogP contribution in [-0.4, -0.2) is 35.7 Å². The van der Waals surface area contributed by atoms with Crippen LogP contribution in [0, 0.1) is 5.41 Å². The molecule has 0 saturated heterocycles. The fourth-order valence-corrected chi connectivity index (χ4v) is 1.84. The van der Waals surface area contributed by atoms with Gasteiger partial charge in [0, 0.05) is 0 Å². The monoisotopic (exact) mass is 309 g/mol. The Morgan fingerprint density at radius 1 is 1.14 bits per heavy atom. The first-order valence-corrected chi connectivity index (χ1v) is 6.49. The molecule has 0 radical (unpaired) electrons. The fraction of sp³-hybridized carbons (Fsp3) is 0.400. The number of hydrogen-bond acceptors (Lipinski definition) is 6. The molecule has 0 saturated carbocycles. The van der Waals surface area contributed by atoms with Crippen LogP contribution in [0.1, 0.15) is 19.4 Å². The van der Waals surface area contributed by atoms with Crippen LogP contribution in [-0.2, 0) is 30.5 Å². The van der Waals surface area contributed by atoms with Gasteiger partial charge < -0.3 is 20.3 Å². The van der Waals surface area contributed by atoms with Crippen molar-refractivity contribution >= 4 is 17.9 Å². The van der Waals surface area contributed by atoms with E-state index >= 15 is 0 Å². The average molecular weight is 309 g/mol. The van der Waals surface area contributed by atoms with E-state index in [2.05, 4.69) is 4.74 Å². The molecule has 0 fully saturated rings. The molecule has 3 N–H and O–H groups in total. The van der Waals surface area contributed by atoms with Crippen LogP contribution in [0.2, 0.25) is 0 Å². The van der Waals surface area contributed by atoms with E-state index in [1.807, 2.05) is 6.07 Å². The summed E-state index contributed by atoms with van der Waals surface area (Å²) in [5.74, 6) is -3.80. The highest BCUT2D eigenvalue weighted by Crippen LogP contribution is 2.32. The zero-order valence-electron chi connectivity index (χ0n) is 12.7. The first-order chi connectivity index (χ1) is 10.2. The Labute approximate surface area is 128 Å². The molecule has 0 aliphatic carbocycles. The zero-order valence-corrected chi connectivity index (χ0v) is 12.7. The molecule has 1 unspecified atom stereocenters. The number of benzene rings is 1. The van der Waals surface area contributed by atoms with E-state index in [-0.39, 0.29) is 6.61 Å². The summed E-state index contributed by atoms with van der Waals surface area (Å²) in [6, 6.07) is 8.84. The van der Waals surface area contributed by atoms with Crippen LogP contribution in [0.4, 0.5) is 0 Å². The molecular formula is C15H19NO6. The van der Waals surface area contributed by atoms with Crippen molar-refractivity contribution in [3.8, 4) is 0 Å². The standard InChI is InChI=1S/C15H19NO6/c1-14(2,15(16,11(17)18)13(20)21-3)12(19)22-9-10-7-5-4-6-8-10/h4-8H,9,16H2,1-3H3,(H,17,18). The highest BCUT2D eigenvalue weighted by molar-refractivity contribution is 6.09. The second-order valence-corrected chi connectivity index (χ2v) is 5.29. The van der Waals surface area contributed by atoms with Crippen LogP contribution in [0.25, 0.3) is 0 Å². The van der Waals surface area contributed by atoms with Crippen molar-refractivity contribution in [2.45, 2.75) is 26.0 Å². The van der Waals surface area contributed by atoms with Gasteiger partial charge >= 0.3 is 17.9 Å². The van der Waals surface area contributed by atoms with E-state index in [0.717, 1.165) is 12.7 Å². The third-order valence-corrected chi connectivity index (χ3v) is 3.55. The number of rotatable bonds is 6. The number of carboxylic acids is 1. The van der Waals surface area contributed by atoms with Gasteiger partial charge in [0.25, 0.3) is 0 Å². The highest BCUT2D eigenvalue weighted by atomic mass is 16.5. The quantitative estimate of drug-likeness (QED) is 0.587. The maximum absolute atomic E-state index is 12.2. The van der Waals surface area contributed by atoms with Gasteiger partial charge in [-0.2, -0.15) is 0 Å². The van der Waals surface area contributed by atoms with Crippen molar-refractivity contribution < 1.29 is 29.0 Å². The summed E-state index contributed by atoms with van der Waals surface area (Å²) in [5, 5.41) is 9.27. The van der Waals surface area contributed by atoms with Crippen LogP contribution in [0.15, 0.2) is 30.3 Å². The number of methoxy groups -OCH3 is 1. The highest BCUT2D eigenvalue weighted by Gasteiger charge is 2.60. The Kier molecular flexibility index (Phi) is 5.27. The summed E-state index contributed by atoms with van der Waals surface area (Å²) in [6.07, 6.45) is 0. The smallest absolute Gasteiger partial charge is 0.338 e. The normalized spacial score (nSPS) is 13.8. The minimum absolute atomic E-state index is 0.0556. The molecule has 7 heteroatoms. The van der Waals surface area contributed by atoms with Crippen molar-refractivity contribution in [1.82, 2.24) is 0 Å². The molecular weight excluding hydrogens is 290 g/mol. The molecule has 0 spiro atoms. The number of ether oxygens (including phenoxy) is 2. The molecule has 0 aromatic heterocycles. The number of hydrogen-bond donors (Lipinski definition) is 2. The van der Waals surface area contributed by atoms with E-state index in [1.165, 1.54) is 13.8 Å². The van der Waals surface area contributed by atoms with Gasteiger partial charge in [-0.05, 0) is 19.4 Å². The van der Waals surface area contributed by atoms with Gasteiger partial charge in [-0.15, -0.1) is 0 Å². The number of carboxylic acid groups (broad SMARTS) is 1. The van der Waals surface area contributed by atoms with Crippen molar-refractivity contribution in [2.75, 3.05) is 7.11 Å². The molecule has 22 heavy (non-hydrogen) atoms. The molecule has 1 aromatic rings. The van der Waals surface area contributed by atoms with Gasteiger partial charge in [0.15, 0.2) is 0 Å². The van der Waals surface area contributed by atoms with Crippen molar-refractivity contribution in [2.24, 2.45) is 11.1 Å². The Balaban J connectivity index is 2.97. The number of esters is 2. The SMILES string of the molecule is COC(=O)C(N)(C(=O)O)C(C)(C)C(=O)OCc1ccccc1. The van der Waals surface area contributed by atoms with E-state index in [0.29, 0.717) is 0 Å². The summed E-state index contributed by atoms with van der Waals surface area (Å²) < 4.78 is 9.52. The van der Waals surface area contributed by atoms with Crippen molar-refractivity contribution in [3.63, 3.8) is 0 Å². The lowest BCUT2D eigenvalue weighted by molar-refractivity contribution is -0.177. The van der Waals surface area contributed by atoms with Gasteiger partial charge in [0.05, 0.1) is 7.11 Å². The summed E-state index contributed by atoms with van der Waals surface area (Å²) in [4.78, 5) is 35.4. The Hall–Kier alpha value is -2.41. The third kappa shape index (κ3) is 3.09. The number of aliphatic carboxylic acids is 1. The van der Waals surface area contributed by atoms with E-state index in [9.17, 15) is 19.5 Å². The second kappa shape index (κ2) is 6.57. The maximum Gasteiger partial charge on any atom is 0.338 e. The Bertz CT molecular complexity index is 569. The van der Waals surface area contributed by atoms with Gasteiger partial charge in [0.2, 0.25) is 5.54 Å². The Morgan fingerprint density at radius 3 is 2.14 bits per heavy atom. The summed E-state index contributed by atoms with van der Waals surface area (Å²) in [5.41, 5.74) is 2.03. The van der Waals surface area contributed by atoms with Crippen LogP contribution in [0.5, 0.6) is 0 Å². The van der Waals surface area contributed by atoms with E-state index in [1.54, 1.807) is 24.3 Å². The molecule has 1 rings (SSSR count). The molecule has 0 heterocycles. The number of nitrogens with two attached hydrogens (primary N) is 1. The van der Waals surface area contributed by atoms with Crippen LogP contribution < -0.4 is 5.73 Å². The van der Waals surface area contributed by atoms with Crippen molar-refractivity contribution in [1.29, 1.82) is 0 Å². The molecule has 0 bridgehead atoms. The Morgan fingerprint density at radius 2 is 1.68 bits per heavy atom. The summed E-state index contributed by atoms with van der Waals surface area (Å²) in [7, 11) is 0.998. The predicted octanol–water partition coefficient (Wildman–Crippen LogP) is 0.711.